The monoisotopic (exact) mass is 477 g/mol. The first-order chi connectivity index (χ1) is 16.9. The van der Waals surface area contributed by atoms with Crippen molar-refractivity contribution in [1.29, 1.82) is 0 Å². The highest BCUT2D eigenvalue weighted by Crippen LogP contribution is 2.28. The average molecular weight is 477 g/mol. The SMILES string of the molecule is O=C(NCc1ccc(F)cc1)c1cn2c(c(O)c1=O)C(=O)N1CCCN(Cc3ccccn3)C1C2. The lowest BCUT2D eigenvalue weighted by molar-refractivity contribution is -0.0145. The van der Waals surface area contributed by atoms with Crippen molar-refractivity contribution >= 4 is 11.8 Å². The van der Waals surface area contributed by atoms with Crippen LogP contribution in [0.3, 0.4) is 0 Å². The molecule has 1 saturated heterocycles. The van der Waals surface area contributed by atoms with E-state index in [1.807, 2.05) is 18.2 Å². The van der Waals surface area contributed by atoms with Gasteiger partial charge in [-0.05, 0) is 36.2 Å². The number of amides is 2. The Morgan fingerprint density at radius 2 is 1.94 bits per heavy atom. The number of rotatable bonds is 5. The average Bonchev–Trinajstić information content (AvgIpc) is 2.87. The fourth-order valence-corrected chi connectivity index (χ4v) is 4.65. The first kappa shape index (κ1) is 22.7. The summed E-state index contributed by atoms with van der Waals surface area (Å²) in [7, 11) is 0. The second-order valence-corrected chi connectivity index (χ2v) is 8.65. The van der Waals surface area contributed by atoms with Crippen LogP contribution in [0.25, 0.3) is 0 Å². The molecule has 0 radical (unpaired) electrons. The number of halogens is 1. The van der Waals surface area contributed by atoms with Crippen LogP contribution in [-0.4, -0.2) is 55.5 Å². The number of carbonyl (C=O) groups excluding carboxylic acids is 2. The molecular formula is C25H24FN5O4. The van der Waals surface area contributed by atoms with Crippen LogP contribution < -0.4 is 10.7 Å². The zero-order valence-corrected chi connectivity index (χ0v) is 18.9. The topological polar surface area (TPSA) is 108 Å². The van der Waals surface area contributed by atoms with Gasteiger partial charge in [0.15, 0.2) is 11.4 Å². The maximum absolute atomic E-state index is 13.3. The van der Waals surface area contributed by atoms with Gasteiger partial charge in [0, 0.05) is 38.6 Å². The van der Waals surface area contributed by atoms with E-state index in [9.17, 15) is 23.9 Å². The minimum Gasteiger partial charge on any atom is -0.503 e. The molecule has 4 heterocycles. The zero-order valence-electron chi connectivity index (χ0n) is 18.9. The van der Waals surface area contributed by atoms with E-state index in [1.54, 1.807) is 11.1 Å². The number of nitrogens with zero attached hydrogens (tertiary/aromatic N) is 4. The van der Waals surface area contributed by atoms with Gasteiger partial charge in [0.2, 0.25) is 5.43 Å². The number of aromatic nitrogens is 2. The minimum absolute atomic E-state index is 0.0776. The number of hydrogen-bond acceptors (Lipinski definition) is 6. The Kier molecular flexibility index (Phi) is 6.04. The second kappa shape index (κ2) is 9.30. The second-order valence-electron chi connectivity index (χ2n) is 8.65. The number of nitrogens with one attached hydrogen (secondary N) is 1. The van der Waals surface area contributed by atoms with Crippen molar-refractivity contribution in [2.75, 3.05) is 13.1 Å². The van der Waals surface area contributed by atoms with Crippen molar-refractivity contribution in [2.24, 2.45) is 0 Å². The Morgan fingerprint density at radius 3 is 2.69 bits per heavy atom. The normalized spacial score (nSPS) is 17.6. The fourth-order valence-electron chi connectivity index (χ4n) is 4.65. The Hall–Kier alpha value is -4.05. The zero-order chi connectivity index (χ0) is 24.5. The van der Waals surface area contributed by atoms with Crippen molar-refractivity contribution in [1.82, 2.24) is 24.7 Å². The van der Waals surface area contributed by atoms with Gasteiger partial charge in [0.1, 0.15) is 17.5 Å². The van der Waals surface area contributed by atoms with Crippen LogP contribution in [0, 0.1) is 5.82 Å². The first-order valence-electron chi connectivity index (χ1n) is 11.4. The van der Waals surface area contributed by atoms with E-state index in [2.05, 4.69) is 15.2 Å². The molecule has 1 unspecified atom stereocenters. The van der Waals surface area contributed by atoms with E-state index in [4.69, 9.17) is 0 Å². The lowest BCUT2D eigenvalue weighted by Gasteiger charge is -2.47. The van der Waals surface area contributed by atoms with Gasteiger partial charge in [-0.3, -0.25) is 24.3 Å². The molecule has 35 heavy (non-hydrogen) atoms. The first-order valence-corrected chi connectivity index (χ1v) is 11.4. The van der Waals surface area contributed by atoms with Crippen LogP contribution in [0.2, 0.25) is 0 Å². The van der Waals surface area contributed by atoms with Crippen LogP contribution in [0.5, 0.6) is 5.75 Å². The van der Waals surface area contributed by atoms with Crippen molar-refractivity contribution in [3.05, 3.63) is 93.4 Å². The van der Waals surface area contributed by atoms with Gasteiger partial charge in [-0.15, -0.1) is 0 Å². The Morgan fingerprint density at radius 1 is 1.14 bits per heavy atom. The van der Waals surface area contributed by atoms with E-state index in [1.165, 1.54) is 35.0 Å². The van der Waals surface area contributed by atoms with Gasteiger partial charge < -0.3 is 19.9 Å². The molecule has 0 saturated carbocycles. The van der Waals surface area contributed by atoms with Crippen molar-refractivity contribution in [3.63, 3.8) is 0 Å². The largest absolute Gasteiger partial charge is 0.503 e. The molecule has 0 bridgehead atoms. The van der Waals surface area contributed by atoms with Crippen molar-refractivity contribution < 1.29 is 19.1 Å². The summed E-state index contributed by atoms with van der Waals surface area (Å²) in [6, 6.07) is 11.3. The van der Waals surface area contributed by atoms with E-state index in [-0.39, 0.29) is 24.0 Å². The van der Waals surface area contributed by atoms with Crippen LogP contribution in [0.15, 0.2) is 59.7 Å². The summed E-state index contributed by atoms with van der Waals surface area (Å²) in [4.78, 5) is 47.0. The third kappa shape index (κ3) is 4.40. The number of fused-ring (bicyclic) bond motifs is 2. The van der Waals surface area contributed by atoms with E-state index >= 15 is 0 Å². The molecule has 180 valence electrons. The summed E-state index contributed by atoms with van der Waals surface area (Å²) in [5, 5.41) is 13.2. The quantitative estimate of drug-likeness (QED) is 0.579. The van der Waals surface area contributed by atoms with Crippen LogP contribution in [0.1, 0.15) is 38.5 Å². The maximum atomic E-state index is 13.3. The van der Waals surface area contributed by atoms with Crippen LogP contribution >= 0.6 is 0 Å². The minimum atomic E-state index is -0.901. The number of pyridine rings is 2. The van der Waals surface area contributed by atoms with Gasteiger partial charge in [0.25, 0.3) is 11.8 Å². The molecule has 10 heteroatoms. The molecule has 2 aliphatic heterocycles. The summed E-state index contributed by atoms with van der Waals surface area (Å²) in [5.41, 5.74) is 0.251. The molecule has 2 aliphatic rings. The summed E-state index contributed by atoms with van der Waals surface area (Å²) in [5.74, 6) is -2.25. The van der Waals surface area contributed by atoms with Gasteiger partial charge in [-0.1, -0.05) is 18.2 Å². The third-order valence-electron chi connectivity index (χ3n) is 6.41. The molecule has 3 aromatic rings. The summed E-state index contributed by atoms with van der Waals surface area (Å²) in [6.45, 7) is 2.18. The maximum Gasteiger partial charge on any atom is 0.275 e. The molecule has 9 nitrogen and oxygen atoms in total. The Labute approximate surface area is 200 Å². The van der Waals surface area contributed by atoms with Gasteiger partial charge in [0.05, 0.1) is 12.2 Å². The number of aromatic hydroxyl groups is 1. The summed E-state index contributed by atoms with van der Waals surface area (Å²) >= 11 is 0. The Balaban J connectivity index is 1.41. The highest BCUT2D eigenvalue weighted by atomic mass is 19.1. The molecule has 2 N–H and O–H groups in total. The predicted molar refractivity (Wildman–Crippen MR) is 124 cm³/mol. The highest BCUT2D eigenvalue weighted by Gasteiger charge is 2.40. The van der Waals surface area contributed by atoms with E-state index in [0.29, 0.717) is 25.2 Å². The fraction of sp³-hybridized carbons (Fsp3) is 0.280. The lowest BCUT2D eigenvalue weighted by Crippen LogP contribution is -2.60. The predicted octanol–water partition coefficient (Wildman–Crippen LogP) is 1.71. The Bertz CT molecular complexity index is 1330. The van der Waals surface area contributed by atoms with Crippen LogP contribution in [0.4, 0.5) is 4.39 Å². The number of carbonyl (C=O) groups is 2. The molecule has 2 amide bonds. The molecule has 1 atom stereocenters. The summed E-state index contributed by atoms with van der Waals surface area (Å²) in [6.07, 6.45) is 3.50. The van der Waals surface area contributed by atoms with E-state index in [0.717, 1.165) is 18.7 Å². The van der Waals surface area contributed by atoms with Gasteiger partial charge in [-0.2, -0.15) is 0 Å². The van der Waals surface area contributed by atoms with E-state index < -0.39 is 28.8 Å². The molecule has 1 fully saturated rings. The smallest absolute Gasteiger partial charge is 0.275 e. The van der Waals surface area contributed by atoms with Gasteiger partial charge >= 0.3 is 0 Å². The molecule has 2 aromatic heterocycles. The van der Waals surface area contributed by atoms with Crippen molar-refractivity contribution in [3.8, 4) is 5.75 Å². The molecule has 0 aliphatic carbocycles. The molecule has 1 aromatic carbocycles. The van der Waals surface area contributed by atoms with Crippen LogP contribution in [-0.2, 0) is 19.6 Å². The highest BCUT2D eigenvalue weighted by molar-refractivity contribution is 5.99. The van der Waals surface area contributed by atoms with Gasteiger partial charge in [-0.25, -0.2) is 4.39 Å². The number of hydrogen-bond donors (Lipinski definition) is 2. The summed E-state index contributed by atoms with van der Waals surface area (Å²) < 4.78 is 14.6. The molecule has 5 rings (SSSR count). The number of benzene rings is 1. The van der Waals surface area contributed by atoms with Crippen molar-refractivity contribution in [2.45, 2.75) is 32.2 Å². The third-order valence-corrected chi connectivity index (χ3v) is 6.41. The standard InChI is InChI=1S/C25H24FN5O4/c26-17-7-5-16(6-8-17)12-28-24(34)19-14-30-15-20-29(13-18-4-1-2-9-27-18)10-3-11-31(20)25(35)21(30)23(33)22(19)32/h1-2,4-9,14,20,33H,3,10-13,15H2,(H,28,34). The molecular weight excluding hydrogens is 453 g/mol. The lowest BCUT2D eigenvalue weighted by atomic mass is 10.1. The molecule has 0 spiro atoms.